The molecule has 9 nitrogen and oxygen atoms in total. The van der Waals surface area contributed by atoms with E-state index in [2.05, 4.69) is 56.3 Å². The monoisotopic (exact) mass is 493 g/mol. The maximum absolute atomic E-state index is 11.4. The molecule has 3 heterocycles. The molecule has 10 heteroatoms. The van der Waals surface area contributed by atoms with Gasteiger partial charge in [0, 0.05) is 48.3 Å². The molecule has 182 valence electrons. The molecule has 2 atom stereocenters. The number of rotatable bonds is 5. The zero-order chi connectivity index (χ0) is 24.7. The van der Waals surface area contributed by atoms with Crippen molar-refractivity contribution in [3.8, 4) is 0 Å². The molecule has 4 aromatic rings. The summed E-state index contributed by atoms with van der Waals surface area (Å²) in [6.45, 7) is 8.21. The van der Waals surface area contributed by atoms with Gasteiger partial charge in [-0.1, -0.05) is 11.6 Å². The Balaban J connectivity index is 1.37. The summed E-state index contributed by atoms with van der Waals surface area (Å²) < 4.78 is 5.07. The van der Waals surface area contributed by atoms with E-state index in [4.69, 9.17) is 16.0 Å². The molecule has 3 N–H and O–H groups in total. The number of piperazine rings is 1. The first-order valence-corrected chi connectivity index (χ1v) is 11.9. The molecule has 1 saturated heterocycles. The second kappa shape index (κ2) is 9.24. The van der Waals surface area contributed by atoms with Gasteiger partial charge in [-0.25, -0.2) is 9.78 Å². The Labute approximate surface area is 208 Å². The number of anilines is 5. The summed E-state index contributed by atoms with van der Waals surface area (Å²) in [6.07, 6.45) is 1.76. The molecule has 2 unspecified atom stereocenters. The largest absolute Gasteiger partial charge is 0.417 e. The number of benzene rings is 2. The van der Waals surface area contributed by atoms with Gasteiger partial charge in [-0.05, 0) is 64.2 Å². The Morgan fingerprint density at radius 2 is 1.80 bits per heavy atom. The fourth-order valence-electron chi connectivity index (χ4n) is 4.36. The number of H-pyrrole nitrogens is 1. The zero-order valence-electron chi connectivity index (χ0n) is 20.1. The minimum absolute atomic E-state index is 0.430. The lowest BCUT2D eigenvalue weighted by molar-refractivity contribution is 0.170. The van der Waals surface area contributed by atoms with Gasteiger partial charge in [0.25, 0.3) is 0 Å². The van der Waals surface area contributed by atoms with Crippen molar-refractivity contribution in [2.45, 2.75) is 32.9 Å². The van der Waals surface area contributed by atoms with Crippen LogP contribution in [0, 0.1) is 6.92 Å². The van der Waals surface area contributed by atoms with Crippen LogP contribution in [0.4, 0.5) is 28.8 Å². The van der Waals surface area contributed by atoms with E-state index in [0.29, 0.717) is 34.9 Å². The van der Waals surface area contributed by atoms with Crippen molar-refractivity contribution in [2.24, 2.45) is 0 Å². The van der Waals surface area contributed by atoms with Crippen molar-refractivity contribution in [1.29, 1.82) is 0 Å². The van der Waals surface area contributed by atoms with Crippen LogP contribution in [0.1, 0.15) is 19.4 Å². The molecule has 0 saturated carbocycles. The van der Waals surface area contributed by atoms with Crippen molar-refractivity contribution in [1.82, 2.24) is 19.9 Å². The molecule has 0 spiro atoms. The number of halogens is 1. The number of likely N-dealkylation sites (N-methyl/N-ethyl adjacent to an activating group) is 1. The number of hydrogen-bond acceptors (Lipinski definition) is 8. The lowest BCUT2D eigenvalue weighted by Gasteiger charge is -2.43. The summed E-state index contributed by atoms with van der Waals surface area (Å²) in [7, 11) is 2.17. The Morgan fingerprint density at radius 1 is 1.09 bits per heavy atom. The van der Waals surface area contributed by atoms with E-state index in [1.54, 1.807) is 18.3 Å². The van der Waals surface area contributed by atoms with E-state index >= 15 is 0 Å². The molecule has 2 aromatic carbocycles. The molecule has 1 aliphatic heterocycles. The number of aromatic nitrogens is 3. The highest BCUT2D eigenvalue weighted by molar-refractivity contribution is 6.33. The van der Waals surface area contributed by atoms with Gasteiger partial charge in [-0.3, -0.25) is 9.88 Å². The average molecular weight is 494 g/mol. The summed E-state index contributed by atoms with van der Waals surface area (Å²) in [5, 5.41) is 7.33. The van der Waals surface area contributed by atoms with Gasteiger partial charge in [0.05, 0.1) is 16.2 Å². The molecular formula is C25H28ClN7O2. The van der Waals surface area contributed by atoms with Gasteiger partial charge in [0.1, 0.15) is 5.82 Å². The Morgan fingerprint density at radius 3 is 2.57 bits per heavy atom. The van der Waals surface area contributed by atoms with Gasteiger partial charge < -0.3 is 20.0 Å². The number of aromatic amines is 1. The third kappa shape index (κ3) is 4.82. The first-order valence-electron chi connectivity index (χ1n) is 11.5. The van der Waals surface area contributed by atoms with Crippen LogP contribution >= 0.6 is 11.6 Å². The summed E-state index contributed by atoms with van der Waals surface area (Å²) >= 11 is 6.59. The van der Waals surface area contributed by atoms with E-state index < -0.39 is 5.76 Å². The maximum atomic E-state index is 11.4. The first kappa shape index (κ1) is 23.2. The third-order valence-corrected chi connectivity index (χ3v) is 6.88. The van der Waals surface area contributed by atoms with Crippen molar-refractivity contribution in [3.05, 3.63) is 63.7 Å². The summed E-state index contributed by atoms with van der Waals surface area (Å²) in [6, 6.07) is 12.1. The number of nitrogens with zero attached hydrogens (tertiary/aromatic N) is 4. The zero-order valence-corrected chi connectivity index (χ0v) is 20.8. The normalized spacial score (nSPS) is 18.7. The number of hydrogen-bond donors (Lipinski definition) is 3. The van der Waals surface area contributed by atoms with Crippen LogP contribution in [-0.4, -0.2) is 52.1 Å². The standard InChI is InChI=1S/C25H28ClN7O2/c1-14-11-27-24(31-23(14)28-17-6-8-22-20(9-17)30-25(34)35-22)29-18-5-7-19(26)21(10-18)33-12-15(2)32(4)16(3)13-33/h5-11,15-16H,12-13H2,1-4H3,(H,30,34)(H2,27,28,29,31). The Kier molecular flexibility index (Phi) is 6.12. The number of aryl methyl sites for hydroxylation is 1. The van der Waals surface area contributed by atoms with Gasteiger partial charge in [0.15, 0.2) is 5.58 Å². The maximum Gasteiger partial charge on any atom is 0.417 e. The lowest BCUT2D eigenvalue weighted by atomic mass is 10.1. The van der Waals surface area contributed by atoms with Crippen LogP contribution in [0.15, 0.2) is 51.8 Å². The SMILES string of the molecule is Cc1cnc(Nc2ccc(Cl)c(N3CC(C)N(C)C(C)C3)c2)nc1Nc1ccc2oc(=O)[nH]c2c1. The van der Waals surface area contributed by atoms with Crippen LogP contribution in [0.25, 0.3) is 11.1 Å². The highest BCUT2D eigenvalue weighted by Crippen LogP contribution is 2.32. The van der Waals surface area contributed by atoms with Crippen LogP contribution in [-0.2, 0) is 0 Å². The quantitative estimate of drug-likeness (QED) is 0.361. The molecule has 0 amide bonds. The van der Waals surface area contributed by atoms with Crippen molar-refractivity contribution in [2.75, 3.05) is 35.7 Å². The summed E-state index contributed by atoms with van der Waals surface area (Å²) in [5.74, 6) is 0.637. The minimum Gasteiger partial charge on any atom is -0.408 e. The van der Waals surface area contributed by atoms with Crippen LogP contribution in [0.5, 0.6) is 0 Å². The third-order valence-electron chi connectivity index (χ3n) is 6.56. The average Bonchev–Trinajstić information content (AvgIpc) is 3.20. The van der Waals surface area contributed by atoms with E-state index in [1.807, 2.05) is 31.2 Å². The topological polar surface area (TPSA) is 102 Å². The smallest absolute Gasteiger partial charge is 0.408 e. The molecular weight excluding hydrogens is 466 g/mol. The fraction of sp³-hybridized carbons (Fsp3) is 0.320. The predicted octanol–water partition coefficient (Wildman–Crippen LogP) is 4.89. The second-order valence-electron chi connectivity index (χ2n) is 9.14. The fourth-order valence-corrected chi connectivity index (χ4v) is 4.60. The summed E-state index contributed by atoms with van der Waals surface area (Å²) in [4.78, 5) is 27.9. The van der Waals surface area contributed by atoms with Crippen LogP contribution in [0.3, 0.4) is 0 Å². The molecule has 5 rings (SSSR count). The van der Waals surface area contributed by atoms with E-state index in [0.717, 1.165) is 40.7 Å². The highest BCUT2D eigenvalue weighted by atomic mass is 35.5. The molecule has 0 bridgehead atoms. The first-order chi connectivity index (χ1) is 16.8. The van der Waals surface area contributed by atoms with Crippen molar-refractivity contribution < 1.29 is 4.42 Å². The van der Waals surface area contributed by atoms with E-state index in [-0.39, 0.29) is 0 Å². The van der Waals surface area contributed by atoms with Crippen LogP contribution < -0.4 is 21.3 Å². The minimum atomic E-state index is -0.482. The van der Waals surface area contributed by atoms with Crippen molar-refractivity contribution in [3.63, 3.8) is 0 Å². The Bertz CT molecular complexity index is 1420. The van der Waals surface area contributed by atoms with Gasteiger partial charge >= 0.3 is 5.76 Å². The van der Waals surface area contributed by atoms with Gasteiger partial charge in [0.2, 0.25) is 5.95 Å². The molecule has 35 heavy (non-hydrogen) atoms. The van der Waals surface area contributed by atoms with Crippen molar-refractivity contribution >= 4 is 51.5 Å². The number of nitrogens with one attached hydrogen (secondary N) is 3. The second-order valence-corrected chi connectivity index (χ2v) is 9.54. The van der Waals surface area contributed by atoms with E-state index in [9.17, 15) is 4.79 Å². The molecule has 2 aromatic heterocycles. The number of oxazole rings is 1. The molecule has 0 aliphatic carbocycles. The number of fused-ring (bicyclic) bond motifs is 1. The van der Waals surface area contributed by atoms with Gasteiger partial charge in [-0.2, -0.15) is 4.98 Å². The summed E-state index contributed by atoms with van der Waals surface area (Å²) in [5.41, 5.74) is 4.63. The molecule has 1 aliphatic rings. The highest BCUT2D eigenvalue weighted by Gasteiger charge is 2.27. The van der Waals surface area contributed by atoms with Crippen LogP contribution in [0.2, 0.25) is 5.02 Å². The molecule has 1 fully saturated rings. The lowest BCUT2D eigenvalue weighted by Crippen LogP contribution is -2.55. The predicted molar refractivity (Wildman–Crippen MR) is 141 cm³/mol. The van der Waals surface area contributed by atoms with Gasteiger partial charge in [-0.15, -0.1) is 0 Å². The molecule has 0 radical (unpaired) electrons. The van der Waals surface area contributed by atoms with E-state index in [1.165, 1.54) is 0 Å². The Hall–Kier alpha value is -3.56.